The van der Waals surface area contributed by atoms with E-state index < -0.39 is 0 Å². The van der Waals surface area contributed by atoms with Gasteiger partial charge < -0.3 is 19.9 Å². The van der Waals surface area contributed by atoms with E-state index in [0.717, 1.165) is 5.82 Å². The topological polar surface area (TPSA) is 68.2 Å². The lowest BCUT2D eigenvalue weighted by molar-refractivity contribution is -0.115. The van der Waals surface area contributed by atoms with Crippen molar-refractivity contribution in [3.05, 3.63) is 42.5 Å². The summed E-state index contributed by atoms with van der Waals surface area (Å²) in [6, 6.07) is 7.31. The third kappa shape index (κ3) is 3.58. The molecule has 0 saturated carbocycles. The molecular weight excluding hydrogens is 256 g/mol. The van der Waals surface area contributed by atoms with E-state index in [-0.39, 0.29) is 12.5 Å². The molecular formula is C14H18N4O2. The van der Waals surface area contributed by atoms with E-state index >= 15 is 0 Å². The summed E-state index contributed by atoms with van der Waals surface area (Å²) < 4.78 is 7.08. The third-order valence-corrected chi connectivity index (χ3v) is 2.87. The van der Waals surface area contributed by atoms with Gasteiger partial charge in [-0.1, -0.05) is 12.1 Å². The Labute approximate surface area is 117 Å². The zero-order valence-electron chi connectivity index (χ0n) is 11.6. The molecule has 0 saturated heterocycles. The Morgan fingerprint density at radius 3 is 2.90 bits per heavy atom. The fourth-order valence-corrected chi connectivity index (χ4v) is 1.80. The van der Waals surface area contributed by atoms with E-state index in [1.54, 1.807) is 25.4 Å². The van der Waals surface area contributed by atoms with Crippen LogP contribution >= 0.6 is 0 Å². The number of hydrogen-bond donors (Lipinski definition) is 2. The molecule has 6 heteroatoms. The third-order valence-electron chi connectivity index (χ3n) is 2.87. The van der Waals surface area contributed by atoms with Gasteiger partial charge in [-0.2, -0.15) is 0 Å². The number of aromatic nitrogens is 2. The van der Waals surface area contributed by atoms with Gasteiger partial charge in [0.2, 0.25) is 5.91 Å². The van der Waals surface area contributed by atoms with Gasteiger partial charge in [0, 0.05) is 19.4 Å². The summed E-state index contributed by atoms with van der Waals surface area (Å²) in [5.74, 6) is 1.41. The number of imidazole rings is 1. The predicted molar refractivity (Wildman–Crippen MR) is 76.5 cm³/mol. The van der Waals surface area contributed by atoms with Gasteiger partial charge >= 0.3 is 0 Å². The van der Waals surface area contributed by atoms with Gasteiger partial charge in [-0.15, -0.1) is 0 Å². The summed E-state index contributed by atoms with van der Waals surface area (Å²) in [6.45, 7) is 0.758. The lowest BCUT2D eigenvalue weighted by Crippen LogP contribution is -2.28. The van der Waals surface area contributed by atoms with Crippen LogP contribution in [0.2, 0.25) is 0 Å². The van der Waals surface area contributed by atoms with E-state index in [0.29, 0.717) is 18.0 Å². The number of anilines is 1. The quantitative estimate of drug-likeness (QED) is 0.829. The summed E-state index contributed by atoms with van der Waals surface area (Å²) in [5.41, 5.74) is 0.666. The Morgan fingerprint density at radius 1 is 1.40 bits per heavy atom. The van der Waals surface area contributed by atoms with Crippen molar-refractivity contribution in [1.29, 1.82) is 0 Å². The highest BCUT2D eigenvalue weighted by molar-refractivity contribution is 5.93. The Morgan fingerprint density at radius 2 is 2.20 bits per heavy atom. The Balaban J connectivity index is 1.82. The number of aryl methyl sites for hydroxylation is 1. The zero-order chi connectivity index (χ0) is 14.4. The van der Waals surface area contributed by atoms with Crippen molar-refractivity contribution in [3.63, 3.8) is 0 Å². The van der Waals surface area contributed by atoms with Gasteiger partial charge in [0.05, 0.1) is 25.9 Å². The molecule has 0 atom stereocenters. The summed E-state index contributed by atoms with van der Waals surface area (Å²) in [6.07, 6.45) is 3.60. The van der Waals surface area contributed by atoms with Crippen LogP contribution < -0.4 is 15.4 Å². The van der Waals surface area contributed by atoms with Crippen LogP contribution in [-0.2, 0) is 18.4 Å². The number of methoxy groups -OCH3 is 1. The molecule has 6 nitrogen and oxygen atoms in total. The first-order valence-corrected chi connectivity index (χ1v) is 6.30. The first-order chi connectivity index (χ1) is 9.70. The molecule has 1 aromatic heterocycles. The SMILES string of the molecule is COc1ccccc1NC(=O)CNCc1nccn1C. The van der Waals surface area contributed by atoms with Crippen LogP contribution in [0.4, 0.5) is 5.69 Å². The minimum atomic E-state index is -0.122. The molecule has 20 heavy (non-hydrogen) atoms. The number of hydrogen-bond acceptors (Lipinski definition) is 4. The first kappa shape index (κ1) is 14.1. The highest BCUT2D eigenvalue weighted by Gasteiger charge is 2.07. The second kappa shape index (κ2) is 6.72. The number of ether oxygens (including phenoxy) is 1. The zero-order valence-corrected chi connectivity index (χ0v) is 11.6. The maximum absolute atomic E-state index is 11.8. The molecule has 0 spiro atoms. The molecule has 1 heterocycles. The average molecular weight is 274 g/mol. The molecule has 1 amide bonds. The highest BCUT2D eigenvalue weighted by Crippen LogP contribution is 2.22. The average Bonchev–Trinajstić information content (AvgIpc) is 2.85. The molecule has 2 aromatic rings. The molecule has 0 aliphatic heterocycles. The lowest BCUT2D eigenvalue weighted by Gasteiger charge is -2.10. The maximum Gasteiger partial charge on any atom is 0.238 e. The summed E-state index contributed by atoms with van der Waals surface area (Å²) in [5, 5.41) is 5.85. The second-order valence-corrected chi connectivity index (χ2v) is 4.31. The van der Waals surface area contributed by atoms with Crippen molar-refractivity contribution in [2.45, 2.75) is 6.54 Å². The van der Waals surface area contributed by atoms with Crippen LogP contribution in [-0.4, -0.2) is 29.1 Å². The van der Waals surface area contributed by atoms with E-state index in [1.807, 2.05) is 29.9 Å². The number of amides is 1. The van der Waals surface area contributed by atoms with Crippen molar-refractivity contribution in [2.75, 3.05) is 19.0 Å². The van der Waals surface area contributed by atoms with Crippen molar-refractivity contribution < 1.29 is 9.53 Å². The van der Waals surface area contributed by atoms with Gasteiger partial charge in [-0.25, -0.2) is 4.98 Å². The fraction of sp³-hybridized carbons (Fsp3) is 0.286. The number of para-hydroxylation sites is 2. The van der Waals surface area contributed by atoms with Crippen molar-refractivity contribution >= 4 is 11.6 Å². The summed E-state index contributed by atoms with van der Waals surface area (Å²) >= 11 is 0. The van der Waals surface area contributed by atoms with Crippen molar-refractivity contribution in [1.82, 2.24) is 14.9 Å². The number of rotatable bonds is 6. The Hall–Kier alpha value is -2.34. The van der Waals surface area contributed by atoms with Gasteiger partial charge in [0.15, 0.2) is 0 Å². The van der Waals surface area contributed by atoms with Crippen molar-refractivity contribution in [2.24, 2.45) is 7.05 Å². The Bertz CT molecular complexity index is 580. The molecule has 0 fully saturated rings. The highest BCUT2D eigenvalue weighted by atomic mass is 16.5. The van der Waals surface area contributed by atoms with Crippen LogP contribution in [0.5, 0.6) is 5.75 Å². The maximum atomic E-state index is 11.8. The molecule has 2 rings (SSSR count). The van der Waals surface area contributed by atoms with E-state index in [9.17, 15) is 4.79 Å². The number of carbonyl (C=O) groups excluding carboxylic acids is 1. The molecule has 0 bridgehead atoms. The molecule has 2 N–H and O–H groups in total. The largest absolute Gasteiger partial charge is 0.495 e. The molecule has 1 aromatic carbocycles. The van der Waals surface area contributed by atoms with Gasteiger partial charge in [0.25, 0.3) is 0 Å². The van der Waals surface area contributed by atoms with Crippen LogP contribution in [0.3, 0.4) is 0 Å². The minimum absolute atomic E-state index is 0.122. The van der Waals surface area contributed by atoms with E-state index in [4.69, 9.17) is 4.74 Å². The molecule has 0 radical (unpaired) electrons. The first-order valence-electron chi connectivity index (χ1n) is 6.30. The normalized spacial score (nSPS) is 10.3. The van der Waals surface area contributed by atoms with Crippen LogP contribution in [0, 0.1) is 0 Å². The number of benzene rings is 1. The van der Waals surface area contributed by atoms with Gasteiger partial charge in [-0.3, -0.25) is 4.79 Å². The van der Waals surface area contributed by atoms with Gasteiger partial charge in [0.1, 0.15) is 11.6 Å². The molecule has 0 aliphatic rings. The molecule has 106 valence electrons. The van der Waals surface area contributed by atoms with Crippen LogP contribution in [0.25, 0.3) is 0 Å². The van der Waals surface area contributed by atoms with Crippen molar-refractivity contribution in [3.8, 4) is 5.75 Å². The lowest BCUT2D eigenvalue weighted by atomic mass is 10.3. The van der Waals surface area contributed by atoms with Gasteiger partial charge in [-0.05, 0) is 12.1 Å². The monoisotopic (exact) mass is 274 g/mol. The van der Waals surface area contributed by atoms with E-state index in [1.165, 1.54) is 0 Å². The number of carbonyl (C=O) groups is 1. The van der Waals surface area contributed by atoms with Crippen LogP contribution in [0.15, 0.2) is 36.7 Å². The number of nitrogens with zero attached hydrogens (tertiary/aromatic N) is 2. The summed E-state index contributed by atoms with van der Waals surface area (Å²) in [4.78, 5) is 16.0. The standard InChI is InChI=1S/C14H18N4O2/c1-18-8-7-16-13(18)9-15-10-14(19)17-11-5-3-4-6-12(11)20-2/h3-8,15H,9-10H2,1-2H3,(H,17,19). The second-order valence-electron chi connectivity index (χ2n) is 4.31. The molecule has 0 aliphatic carbocycles. The van der Waals surface area contributed by atoms with Crippen LogP contribution in [0.1, 0.15) is 5.82 Å². The predicted octanol–water partition coefficient (Wildman–Crippen LogP) is 1.16. The molecule has 0 unspecified atom stereocenters. The smallest absolute Gasteiger partial charge is 0.238 e. The fourth-order valence-electron chi connectivity index (χ4n) is 1.80. The summed E-state index contributed by atoms with van der Waals surface area (Å²) in [7, 11) is 3.49. The minimum Gasteiger partial charge on any atom is -0.495 e. The number of nitrogens with one attached hydrogen (secondary N) is 2. The Kier molecular flexibility index (Phi) is 4.73. The van der Waals surface area contributed by atoms with E-state index in [2.05, 4.69) is 15.6 Å².